The van der Waals surface area contributed by atoms with Crippen LogP contribution in [-0.4, -0.2) is 33.1 Å². The van der Waals surface area contributed by atoms with E-state index in [0.717, 1.165) is 10.9 Å². The van der Waals surface area contributed by atoms with Crippen molar-refractivity contribution in [2.45, 2.75) is 12.2 Å². The van der Waals surface area contributed by atoms with Gasteiger partial charge in [-0.15, -0.1) is 0 Å². The topological polar surface area (TPSA) is 95.2 Å². The van der Waals surface area contributed by atoms with Crippen LogP contribution in [0.5, 0.6) is 0 Å². The highest BCUT2D eigenvalue weighted by Gasteiger charge is 2.16. The maximum Gasteiger partial charge on any atom is 0.106 e. The molecule has 0 amide bonds. The standard InChI is InChI=1S/C10H13N3O2/c11-4-9(14)10(15)6-1-2-8-7(3-6)5-12-13-8/h1-3,5,9-10,14-15H,4,11H2,(H,12,13). The molecule has 0 aliphatic rings. The number of hydrogen-bond acceptors (Lipinski definition) is 4. The van der Waals surface area contributed by atoms with E-state index in [9.17, 15) is 10.2 Å². The molecule has 0 saturated heterocycles. The van der Waals surface area contributed by atoms with Gasteiger partial charge in [0.1, 0.15) is 6.10 Å². The zero-order valence-electron chi connectivity index (χ0n) is 8.09. The molecule has 0 fully saturated rings. The number of nitrogens with zero attached hydrogens (tertiary/aromatic N) is 1. The molecule has 5 nitrogen and oxygen atoms in total. The SMILES string of the molecule is NCC(O)C(O)c1ccc2[nH]ncc2c1. The number of H-pyrrole nitrogens is 1. The fourth-order valence-electron chi connectivity index (χ4n) is 1.50. The van der Waals surface area contributed by atoms with Crippen LogP contribution in [0, 0.1) is 0 Å². The van der Waals surface area contributed by atoms with Crippen LogP contribution in [0.15, 0.2) is 24.4 Å². The number of aromatic amines is 1. The van der Waals surface area contributed by atoms with Gasteiger partial charge in [-0.2, -0.15) is 5.10 Å². The second-order valence-corrected chi connectivity index (χ2v) is 3.46. The lowest BCUT2D eigenvalue weighted by Gasteiger charge is -2.16. The summed E-state index contributed by atoms with van der Waals surface area (Å²) in [5, 5.41) is 26.7. The van der Waals surface area contributed by atoms with Crippen molar-refractivity contribution in [2.24, 2.45) is 5.73 Å². The summed E-state index contributed by atoms with van der Waals surface area (Å²) in [6, 6.07) is 5.33. The lowest BCUT2D eigenvalue weighted by atomic mass is 10.0. The third-order valence-corrected chi connectivity index (χ3v) is 2.41. The summed E-state index contributed by atoms with van der Waals surface area (Å²) < 4.78 is 0. The number of benzene rings is 1. The van der Waals surface area contributed by atoms with Gasteiger partial charge in [-0.1, -0.05) is 6.07 Å². The van der Waals surface area contributed by atoms with Crippen LogP contribution in [0.1, 0.15) is 11.7 Å². The molecular formula is C10H13N3O2. The van der Waals surface area contributed by atoms with Crippen molar-refractivity contribution in [3.8, 4) is 0 Å². The molecule has 5 N–H and O–H groups in total. The maximum atomic E-state index is 9.73. The van der Waals surface area contributed by atoms with Crippen molar-refractivity contribution in [3.05, 3.63) is 30.0 Å². The first kappa shape index (κ1) is 10.1. The molecule has 0 radical (unpaired) electrons. The molecule has 2 aromatic rings. The van der Waals surface area contributed by atoms with Crippen LogP contribution in [0.3, 0.4) is 0 Å². The molecule has 1 aromatic carbocycles. The molecule has 0 aliphatic heterocycles. The largest absolute Gasteiger partial charge is 0.389 e. The Morgan fingerprint density at radius 2 is 2.20 bits per heavy atom. The summed E-state index contributed by atoms with van der Waals surface area (Å²) in [5.74, 6) is 0. The molecule has 2 rings (SSSR count). The molecule has 1 heterocycles. The van der Waals surface area contributed by atoms with E-state index in [4.69, 9.17) is 5.73 Å². The molecule has 0 bridgehead atoms. The van der Waals surface area contributed by atoms with Crippen LogP contribution >= 0.6 is 0 Å². The average molecular weight is 207 g/mol. The molecule has 2 atom stereocenters. The maximum absolute atomic E-state index is 9.73. The van der Waals surface area contributed by atoms with Gasteiger partial charge < -0.3 is 15.9 Å². The number of nitrogens with two attached hydrogens (primary N) is 1. The number of aliphatic hydroxyl groups is 2. The van der Waals surface area contributed by atoms with Crippen molar-refractivity contribution in [2.75, 3.05) is 6.54 Å². The number of rotatable bonds is 3. The van der Waals surface area contributed by atoms with Crippen molar-refractivity contribution in [1.82, 2.24) is 10.2 Å². The van der Waals surface area contributed by atoms with E-state index in [1.165, 1.54) is 0 Å². The smallest absolute Gasteiger partial charge is 0.106 e. The minimum atomic E-state index is -0.950. The first-order valence-electron chi connectivity index (χ1n) is 4.71. The lowest BCUT2D eigenvalue weighted by Crippen LogP contribution is -2.27. The highest BCUT2D eigenvalue weighted by molar-refractivity contribution is 5.78. The van der Waals surface area contributed by atoms with Crippen molar-refractivity contribution in [1.29, 1.82) is 0 Å². The normalized spacial score (nSPS) is 15.4. The van der Waals surface area contributed by atoms with E-state index in [2.05, 4.69) is 10.2 Å². The molecule has 0 spiro atoms. The van der Waals surface area contributed by atoms with Crippen molar-refractivity contribution in [3.63, 3.8) is 0 Å². The average Bonchev–Trinajstić information content (AvgIpc) is 2.73. The van der Waals surface area contributed by atoms with Gasteiger partial charge >= 0.3 is 0 Å². The molecule has 0 aliphatic carbocycles. The lowest BCUT2D eigenvalue weighted by molar-refractivity contribution is 0.0244. The minimum absolute atomic E-state index is 0.0323. The second-order valence-electron chi connectivity index (χ2n) is 3.46. The third kappa shape index (κ3) is 1.85. The van der Waals surface area contributed by atoms with Gasteiger partial charge in [0.15, 0.2) is 0 Å². The highest BCUT2D eigenvalue weighted by Crippen LogP contribution is 2.20. The minimum Gasteiger partial charge on any atom is -0.389 e. The number of nitrogens with one attached hydrogen (secondary N) is 1. The Bertz CT molecular complexity index is 455. The summed E-state index contributed by atoms with van der Waals surface area (Å²) in [6.07, 6.45) is -0.218. The van der Waals surface area contributed by atoms with Crippen LogP contribution in [0.2, 0.25) is 0 Å². The zero-order valence-corrected chi connectivity index (χ0v) is 8.09. The van der Waals surface area contributed by atoms with Crippen molar-refractivity contribution < 1.29 is 10.2 Å². The summed E-state index contributed by atoms with van der Waals surface area (Å²) in [4.78, 5) is 0. The zero-order chi connectivity index (χ0) is 10.8. The van der Waals surface area contributed by atoms with Gasteiger partial charge in [-0.05, 0) is 17.7 Å². The number of aromatic nitrogens is 2. The third-order valence-electron chi connectivity index (χ3n) is 2.41. The molecule has 15 heavy (non-hydrogen) atoms. The van der Waals surface area contributed by atoms with E-state index in [1.54, 1.807) is 18.3 Å². The van der Waals surface area contributed by atoms with Gasteiger partial charge in [-0.25, -0.2) is 0 Å². The van der Waals surface area contributed by atoms with Crippen LogP contribution < -0.4 is 5.73 Å². The Morgan fingerprint density at radius 1 is 1.40 bits per heavy atom. The van der Waals surface area contributed by atoms with Gasteiger partial charge in [0.25, 0.3) is 0 Å². The Kier molecular flexibility index (Phi) is 2.68. The van der Waals surface area contributed by atoms with E-state index in [-0.39, 0.29) is 6.54 Å². The molecule has 0 saturated carbocycles. The molecule has 80 valence electrons. The predicted octanol–water partition coefficient (Wildman–Crippen LogP) is -0.0841. The van der Waals surface area contributed by atoms with E-state index in [0.29, 0.717) is 5.56 Å². The summed E-state index contributed by atoms with van der Waals surface area (Å²) in [7, 11) is 0. The van der Waals surface area contributed by atoms with Gasteiger partial charge in [0.05, 0.1) is 17.8 Å². The van der Waals surface area contributed by atoms with E-state index >= 15 is 0 Å². The summed E-state index contributed by atoms with van der Waals surface area (Å²) >= 11 is 0. The van der Waals surface area contributed by atoms with Gasteiger partial charge in [-0.3, -0.25) is 5.10 Å². The number of fused-ring (bicyclic) bond motifs is 1. The summed E-state index contributed by atoms with van der Waals surface area (Å²) in [5.41, 5.74) is 6.81. The van der Waals surface area contributed by atoms with E-state index < -0.39 is 12.2 Å². The monoisotopic (exact) mass is 207 g/mol. The van der Waals surface area contributed by atoms with Gasteiger partial charge in [0.2, 0.25) is 0 Å². The Labute approximate surface area is 86.5 Å². The Hall–Kier alpha value is -1.43. The Morgan fingerprint density at radius 3 is 2.93 bits per heavy atom. The number of aliphatic hydroxyl groups excluding tert-OH is 2. The fourth-order valence-corrected chi connectivity index (χ4v) is 1.50. The van der Waals surface area contributed by atoms with Gasteiger partial charge in [0, 0.05) is 11.9 Å². The summed E-state index contributed by atoms with van der Waals surface area (Å²) in [6.45, 7) is 0.0323. The second kappa shape index (κ2) is 3.98. The van der Waals surface area contributed by atoms with E-state index in [1.807, 2.05) is 6.07 Å². The van der Waals surface area contributed by atoms with Crippen molar-refractivity contribution >= 4 is 10.9 Å². The number of hydrogen-bond donors (Lipinski definition) is 4. The first-order chi connectivity index (χ1) is 7.22. The molecular weight excluding hydrogens is 194 g/mol. The predicted molar refractivity (Wildman–Crippen MR) is 56.1 cm³/mol. The molecule has 5 heteroatoms. The first-order valence-corrected chi connectivity index (χ1v) is 4.71. The fraction of sp³-hybridized carbons (Fsp3) is 0.300. The molecule has 2 unspecified atom stereocenters. The quantitative estimate of drug-likeness (QED) is 0.566. The molecule has 1 aromatic heterocycles. The van der Waals surface area contributed by atoms with Crippen LogP contribution in [0.25, 0.3) is 10.9 Å². The van der Waals surface area contributed by atoms with Crippen LogP contribution in [-0.2, 0) is 0 Å². The Balaban J connectivity index is 2.35. The van der Waals surface area contributed by atoms with Crippen LogP contribution in [0.4, 0.5) is 0 Å². The highest BCUT2D eigenvalue weighted by atomic mass is 16.3.